The molecule has 29 aromatic rings. The second-order valence-electron chi connectivity index (χ2n) is 36.8. The third-order valence-corrected chi connectivity index (χ3v) is 40.7. The Bertz CT molecular complexity index is 9370. The van der Waals surface area contributed by atoms with Crippen LogP contribution in [-0.2, 0) is 0 Å². The maximum atomic E-state index is 6.52. The number of rotatable bonds is 16. The Balaban J connectivity index is 0.000000109. The monoisotopic (exact) mass is 1930 g/mol. The molecule has 0 N–H and O–H groups in total. The Morgan fingerprint density at radius 2 is 0.514 bits per heavy atom. The number of fused-ring (bicyclic) bond motifs is 21. The van der Waals surface area contributed by atoms with E-state index in [1.807, 2.05) is 120 Å². The molecular formula is C131H86N10OS2Si2. The molecule has 0 unspecified atom stereocenters. The van der Waals surface area contributed by atoms with Gasteiger partial charge in [-0.15, -0.1) is 22.7 Å². The summed E-state index contributed by atoms with van der Waals surface area (Å²) in [6.45, 7) is 0. The van der Waals surface area contributed by atoms with Crippen LogP contribution in [0.15, 0.2) is 526 Å². The van der Waals surface area contributed by atoms with E-state index >= 15 is 0 Å². The average Bonchev–Trinajstić information content (AvgIpc) is 1.56. The number of para-hydroxylation sites is 4. The second kappa shape index (κ2) is 36.6. The van der Waals surface area contributed by atoms with E-state index < -0.39 is 16.1 Å². The zero-order valence-corrected chi connectivity index (χ0v) is 82.5. The standard InChI is InChI=1S/C46H31N3OSi.C46H31N3SSi.C39H24N4S/c2*1-4-16-33(17-5-1)51(34-18-6-2-7-19-34,35-20-8-3-9-21-35)36-22-14-15-32(31-36)40-29-30-47-46(48-40)49-41-25-12-10-24-39(41)44-42(49)28-27-38-37-23-11-13-26-43(37)50-45(38)44;1-3-11-25(12-4-1)37-40-38(26-13-5-2-6-14-26)42-39(41-37)27-19-21-28(22-20-27)43-32-17-9-7-16-31(32)35-33(43)24-23-30-29-15-8-10-18-34(29)44-36(30)35/h2*1-31H;1-24H. The first-order valence-corrected chi connectivity index (χ1v) is 54.8. The summed E-state index contributed by atoms with van der Waals surface area (Å²) in [5.41, 5.74) is 16.3. The van der Waals surface area contributed by atoms with Crippen LogP contribution < -0.4 is 41.5 Å². The lowest BCUT2D eigenvalue weighted by molar-refractivity contribution is 0.673. The van der Waals surface area contributed by atoms with Crippen LogP contribution in [0.2, 0.25) is 0 Å². The maximum absolute atomic E-state index is 6.52. The Hall–Kier alpha value is -18.4. The van der Waals surface area contributed by atoms with Gasteiger partial charge in [0.1, 0.15) is 11.2 Å². The fourth-order valence-corrected chi connectivity index (χ4v) is 34.4. The number of furan rings is 1. The van der Waals surface area contributed by atoms with Crippen LogP contribution in [0.3, 0.4) is 0 Å². The van der Waals surface area contributed by atoms with Gasteiger partial charge in [-0.05, 0) is 139 Å². The molecule has 0 saturated heterocycles. The summed E-state index contributed by atoms with van der Waals surface area (Å²) in [6, 6.07) is 182. The molecule has 146 heavy (non-hydrogen) atoms. The van der Waals surface area contributed by atoms with Crippen molar-refractivity contribution in [3.8, 4) is 74.3 Å². The van der Waals surface area contributed by atoms with Crippen molar-refractivity contribution in [2.45, 2.75) is 0 Å². The highest BCUT2D eigenvalue weighted by atomic mass is 32.1. The lowest BCUT2D eigenvalue weighted by Gasteiger charge is -2.34. The number of hydrogen-bond donors (Lipinski definition) is 0. The fourth-order valence-electron chi connectivity index (χ4n) is 22.3. The smallest absolute Gasteiger partial charge is 0.235 e. The summed E-state index contributed by atoms with van der Waals surface area (Å²) in [5.74, 6) is 3.26. The number of aromatic nitrogens is 10. The summed E-state index contributed by atoms with van der Waals surface area (Å²) in [4.78, 5) is 35.1. The van der Waals surface area contributed by atoms with Gasteiger partial charge in [-0.3, -0.25) is 9.13 Å². The minimum Gasteiger partial charge on any atom is -0.455 e. The molecule has 0 saturated carbocycles. The van der Waals surface area contributed by atoms with Crippen molar-refractivity contribution in [3.63, 3.8) is 0 Å². The van der Waals surface area contributed by atoms with Crippen LogP contribution in [0.5, 0.6) is 0 Å². The zero-order chi connectivity index (χ0) is 96.6. The molecule has 686 valence electrons. The summed E-state index contributed by atoms with van der Waals surface area (Å²) < 4.78 is 18.6. The molecule has 0 radical (unpaired) electrons. The molecule has 0 atom stereocenters. The summed E-state index contributed by atoms with van der Waals surface area (Å²) in [5, 5.41) is 25.3. The van der Waals surface area contributed by atoms with Gasteiger partial charge in [-0.2, -0.15) is 0 Å². The van der Waals surface area contributed by atoms with E-state index in [0.717, 1.165) is 99.7 Å². The maximum Gasteiger partial charge on any atom is 0.235 e. The highest BCUT2D eigenvalue weighted by Gasteiger charge is 2.44. The minimum atomic E-state index is -2.70. The highest BCUT2D eigenvalue weighted by Crippen LogP contribution is 2.47. The van der Waals surface area contributed by atoms with Crippen molar-refractivity contribution in [1.29, 1.82) is 0 Å². The number of thiophene rings is 2. The lowest BCUT2D eigenvalue weighted by atomic mass is 10.1. The molecule has 9 aromatic heterocycles. The van der Waals surface area contributed by atoms with Gasteiger partial charge >= 0.3 is 0 Å². The SMILES string of the molecule is c1ccc(-c2nc(-c3ccccc3)nc(-c3ccc(-n4c5ccccc5c5c6sc7ccccc7c6ccc54)cc3)n2)cc1.c1ccc([Si](c2ccccc2)(c2ccccc2)c2cccc(-c3ccnc(-n4c5ccccc5c5c6oc7ccccc7c6ccc54)n3)c2)cc1.c1ccc([Si](c2ccccc2)(c2ccccc2)c2cccc(-c3ccnc(-n4c5ccccc5c5c6sc7ccccc7c6ccc54)n3)c2)cc1. The van der Waals surface area contributed by atoms with E-state index in [4.69, 9.17) is 39.3 Å². The van der Waals surface area contributed by atoms with Gasteiger partial charge < -0.3 is 8.98 Å². The van der Waals surface area contributed by atoms with Crippen molar-refractivity contribution in [3.05, 3.63) is 522 Å². The number of hydrogen-bond acceptors (Lipinski definition) is 10. The van der Waals surface area contributed by atoms with Crippen LogP contribution >= 0.6 is 22.7 Å². The van der Waals surface area contributed by atoms with Crippen molar-refractivity contribution < 1.29 is 4.42 Å². The molecule has 0 fully saturated rings. The van der Waals surface area contributed by atoms with Crippen molar-refractivity contribution in [2.24, 2.45) is 0 Å². The Morgan fingerprint density at radius 3 is 0.925 bits per heavy atom. The third-order valence-electron chi connectivity index (χ3n) is 28.7. The molecule has 0 spiro atoms. The van der Waals surface area contributed by atoms with Gasteiger partial charge in [0.25, 0.3) is 0 Å². The first-order chi connectivity index (χ1) is 72.4. The normalized spacial score (nSPS) is 11.8. The second-order valence-corrected chi connectivity index (χ2v) is 46.5. The largest absolute Gasteiger partial charge is 0.455 e. The van der Waals surface area contributed by atoms with E-state index in [-0.39, 0.29) is 0 Å². The van der Waals surface area contributed by atoms with E-state index in [9.17, 15) is 0 Å². The average molecular weight is 1940 g/mol. The lowest BCUT2D eigenvalue weighted by Crippen LogP contribution is -2.74. The van der Waals surface area contributed by atoms with Crippen LogP contribution in [-0.4, -0.2) is 64.7 Å². The van der Waals surface area contributed by atoms with Crippen LogP contribution in [0.25, 0.3) is 202 Å². The third kappa shape index (κ3) is 14.7. The first kappa shape index (κ1) is 86.7. The van der Waals surface area contributed by atoms with E-state index in [0.29, 0.717) is 29.4 Å². The molecule has 0 aliphatic carbocycles. The van der Waals surface area contributed by atoms with Crippen molar-refractivity contribution in [1.82, 2.24) is 48.6 Å². The van der Waals surface area contributed by atoms with Gasteiger partial charge in [-0.1, -0.05) is 413 Å². The molecule has 0 amide bonds. The minimum absolute atomic E-state index is 0.622. The van der Waals surface area contributed by atoms with Crippen LogP contribution in [0.4, 0.5) is 0 Å². The number of nitrogens with zero attached hydrogens (tertiary/aromatic N) is 10. The molecule has 29 rings (SSSR count). The zero-order valence-electron chi connectivity index (χ0n) is 78.8. The molecule has 15 heteroatoms. The quantitative estimate of drug-likeness (QED) is 0.0693. The molecule has 0 aliphatic rings. The molecule has 11 nitrogen and oxygen atoms in total. The van der Waals surface area contributed by atoms with Gasteiger partial charge in [0.05, 0.1) is 49.9 Å². The van der Waals surface area contributed by atoms with E-state index in [2.05, 4.69) is 438 Å². The van der Waals surface area contributed by atoms with Gasteiger partial charge in [-0.25, -0.2) is 34.9 Å². The molecule has 0 aliphatic heterocycles. The Kier molecular flexibility index (Phi) is 21.8. The number of benzene rings is 20. The fraction of sp³-hybridized carbons (Fsp3) is 0. The predicted molar refractivity (Wildman–Crippen MR) is 614 cm³/mol. The molecule has 20 aromatic carbocycles. The topological polar surface area (TPSA) is 118 Å². The molecule has 0 bridgehead atoms. The van der Waals surface area contributed by atoms with Gasteiger partial charge in [0.15, 0.2) is 33.6 Å². The summed E-state index contributed by atoms with van der Waals surface area (Å²) >= 11 is 3.74. The highest BCUT2D eigenvalue weighted by molar-refractivity contribution is 7.27. The predicted octanol–water partition coefficient (Wildman–Crippen LogP) is 27.8. The Morgan fingerprint density at radius 1 is 0.205 bits per heavy atom. The van der Waals surface area contributed by atoms with E-state index in [1.54, 1.807) is 0 Å². The van der Waals surface area contributed by atoms with E-state index in [1.165, 1.54) is 114 Å². The molecular weight excluding hydrogens is 1850 g/mol. The first-order valence-electron chi connectivity index (χ1n) is 49.1. The van der Waals surface area contributed by atoms with Crippen molar-refractivity contribution in [2.75, 3.05) is 0 Å². The van der Waals surface area contributed by atoms with Crippen molar-refractivity contribution >= 4 is 208 Å². The van der Waals surface area contributed by atoms with Gasteiger partial charge in [0.2, 0.25) is 11.9 Å². The summed E-state index contributed by atoms with van der Waals surface area (Å²) in [6.07, 6.45) is 3.78. The summed E-state index contributed by atoms with van der Waals surface area (Å²) in [7, 11) is -5.39. The Labute approximate surface area is 850 Å². The van der Waals surface area contributed by atoms with Crippen LogP contribution in [0, 0.1) is 0 Å². The molecule has 9 heterocycles. The van der Waals surface area contributed by atoms with Gasteiger partial charge in [0, 0.05) is 124 Å². The van der Waals surface area contributed by atoms with Crippen LogP contribution in [0.1, 0.15) is 0 Å².